The molecule has 2 aromatic carbocycles. The molecule has 0 aliphatic rings. The maximum Gasteiger partial charge on any atom is 0.280 e. The summed E-state index contributed by atoms with van der Waals surface area (Å²) < 4.78 is 6.65. The Balaban J connectivity index is 1.80. The van der Waals surface area contributed by atoms with E-state index in [0.29, 0.717) is 40.0 Å². The van der Waals surface area contributed by atoms with Crippen LogP contribution in [-0.4, -0.2) is 34.3 Å². The van der Waals surface area contributed by atoms with Gasteiger partial charge in [0.15, 0.2) is 0 Å². The number of aromatic amines is 1. The molecular formula is C22H22N4O3. The molecule has 2 aromatic heterocycles. The van der Waals surface area contributed by atoms with Crippen molar-refractivity contribution in [1.29, 1.82) is 0 Å². The lowest BCUT2D eigenvalue weighted by Gasteiger charge is -2.06. The Bertz CT molecular complexity index is 1240. The van der Waals surface area contributed by atoms with Crippen molar-refractivity contribution in [3.63, 3.8) is 0 Å². The quantitative estimate of drug-likeness (QED) is 0.494. The monoisotopic (exact) mass is 390 g/mol. The van der Waals surface area contributed by atoms with E-state index in [1.54, 1.807) is 55.8 Å². The van der Waals surface area contributed by atoms with Crippen molar-refractivity contribution in [2.75, 3.05) is 13.7 Å². The number of methoxy groups -OCH3 is 1. The van der Waals surface area contributed by atoms with Crippen molar-refractivity contribution in [2.24, 2.45) is 0 Å². The number of H-pyrrole nitrogens is 1. The SMILES string of the molecule is CCCCNC(=O)c1ccc2ncc3c(=O)n(-c4ccc(OC)cc4)[nH]c3c2c1. The van der Waals surface area contributed by atoms with E-state index in [9.17, 15) is 9.59 Å². The second-order valence-electron chi connectivity index (χ2n) is 6.84. The summed E-state index contributed by atoms with van der Waals surface area (Å²) in [4.78, 5) is 29.7. The number of hydrogen-bond acceptors (Lipinski definition) is 4. The molecule has 0 aliphatic carbocycles. The molecular weight excluding hydrogens is 368 g/mol. The minimum Gasteiger partial charge on any atom is -0.497 e. The van der Waals surface area contributed by atoms with Gasteiger partial charge in [-0.15, -0.1) is 0 Å². The van der Waals surface area contributed by atoms with E-state index in [1.807, 2.05) is 0 Å². The minimum atomic E-state index is -0.197. The highest BCUT2D eigenvalue weighted by molar-refractivity contribution is 6.06. The first-order chi connectivity index (χ1) is 14.1. The fourth-order valence-corrected chi connectivity index (χ4v) is 3.29. The van der Waals surface area contributed by atoms with Crippen LogP contribution in [0.3, 0.4) is 0 Å². The van der Waals surface area contributed by atoms with Crippen LogP contribution in [0.5, 0.6) is 5.75 Å². The largest absolute Gasteiger partial charge is 0.497 e. The van der Waals surface area contributed by atoms with Crippen LogP contribution >= 0.6 is 0 Å². The van der Waals surface area contributed by atoms with Crippen molar-refractivity contribution in [3.05, 3.63) is 64.6 Å². The number of amides is 1. The number of rotatable bonds is 6. The average Bonchev–Trinajstić information content (AvgIpc) is 3.10. The molecule has 0 aliphatic heterocycles. The van der Waals surface area contributed by atoms with Crippen LogP contribution < -0.4 is 15.6 Å². The van der Waals surface area contributed by atoms with Crippen LogP contribution in [0.25, 0.3) is 27.5 Å². The topological polar surface area (TPSA) is 89.0 Å². The van der Waals surface area contributed by atoms with Gasteiger partial charge in [-0.1, -0.05) is 13.3 Å². The van der Waals surface area contributed by atoms with Crippen LogP contribution in [0.2, 0.25) is 0 Å². The maximum absolute atomic E-state index is 12.9. The lowest BCUT2D eigenvalue weighted by Crippen LogP contribution is -2.24. The Morgan fingerprint density at radius 1 is 1.17 bits per heavy atom. The number of unbranched alkanes of at least 4 members (excludes halogenated alkanes) is 1. The standard InChI is InChI=1S/C22H22N4O3/c1-3-4-11-23-21(27)14-5-10-19-17(12-14)20-18(13-24-19)22(28)26(25-20)15-6-8-16(29-2)9-7-15/h5-10,12-13,25H,3-4,11H2,1-2H3,(H,23,27). The summed E-state index contributed by atoms with van der Waals surface area (Å²) in [5, 5.41) is 7.29. The fraction of sp³-hybridized carbons (Fsp3) is 0.227. The first-order valence-corrected chi connectivity index (χ1v) is 9.58. The number of nitrogens with zero attached hydrogens (tertiary/aromatic N) is 2. The van der Waals surface area contributed by atoms with Gasteiger partial charge in [-0.2, -0.15) is 0 Å². The zero-order chi connectivity index (χ0) is 20.4. The lowest BCUT2D eigenvalue weighted by molar-refractivity contribution is 0.0953. The Hall–Kier alpha value is -3.61. The van der Waals surface area contributed by atoms with Gasteiger partial charge in [-0.05, 0) is 48.9 Å². The molecule has 0 bridgehead atoms. The molecule has 1 amide bonds. The summed E-state index contributed by atoms with van der Waals surface area (Å²) in [5.74, 6) is 0.582. The van der Waals surface area contributed by atoms with Gasteiger partial charge < -0.3 is 10.1 Å². The molecule has 4 aromatic rings. The molecule has 0 saturated carbocycles. The normalized spacial score (nSPS) is 11.1. The molecule has 7 nitrogen and oxygen atoms in total. The third-order valence-corrected chi connectivity index (χ3v) is 4.93. The maximum atomic E-state index is 12.9. The molecule has 2 heterocycles. The molecule has 0 atom stereocenters. The van der Waals surface area contributed by atoms with Crippen LogP contribution in [0, 0.1) is 0 Å². The Morgan fingerprint density at radius 3 is 2.69 bits per heavy atom. The molecule has 29 heavy (non-hydrogen) atoms. The van der Waals surface area contributed by atoms with Crippen molar-refractivity contribution in [2.45, 2.75) is 19.8 Å². The second kappa shape index (κ2) is 7.79. The molecule has 148 valence electrons. The van der Waals surface area contributed by atoms with Gasteiger partial charge in [0.1, 0.15) is 5.75 Å². The third-order valence-electron chi connectivity index (χ3n) is 4.93. The van der Waals surface area contributed by atoms with E-state index in [1.165, 1.54) is 4.68 Å². The minimum absolute atomic E-state index is 0.130. The molecule has 7 heteroatoms. The number of pyridine rings is 1. The van der Waals surface area contributed by atoms with Crippen molar-refractivity contribution in [3.8, 4) is 11.4 Å². The van der Waals surface area contributed by atoms with E-state index in [0.717, 1.165) is 18.2 Å². The number of hydrogen-bond donors (Lipinski definition) is 2. The summed E-state index contributed by atoms with van der Waals surface area (Å²) in [7, 11) is 1.60. The first kappa shape index (κ1) is 18.7. The van der Waals surface area contributed by atoms with Crippen LogP contribution in [0.1, 0.15) is 30.1 Å². The molecule has 0 spiro atoms. The van der Waals surface area contributed by atoms with E-state index in [4.69, 9.17) is 4.74 Å². The van der Waals surface area contributed by atoms with E-state index < -0.39 is 0 Å². The molecule has 2 N–H and O–H groups in total. The highest BCUT2D eigenvalue weighted by atomic mass is 16.5. The predicted octanol–water partition coefficient (Wildman–Crippen LogP) is 3.41. The Morgan fingerprint density at radius 2 is 1.97 bits per heavy atom. The first-order valence-electron chi connectivity index (χ1n) is 9.58. The van der Waals surface area contributed by atoms with Gasteiger partial charge in [-0.25, -0.2) is 4.68 Å². The number of nitrogens with one attached hydrogen (secondary N) is 2. The summed E-state index contributed by atoms with van der Waals surface area (Å²) in [6.45, 7) is 2.72. The summed E-state index contributed by atoms with van der Waals surface area (Å²) >= 11 is 0. The van der Waals surface area contributed by atoms with Gasteiger partial charge in [-0.3, -0.25) is 19.7 Å². The number of carbonyl (C=O) groups excluding carboxylic acids is 1. The van der Waals surface area contributed by atoms with Gasteiger partial charge in [0.05, 0.1) is 29.2 Å². The van der Waals surface area contributed by atoms with Gasteiger partial charge in [0.25, 0.3) is 11.5 Å². The smallest absolute Gasteiger partial charge is 0.280 e. The summed E-state index contributed by atoms with van der Waals surface area (Å²) in [5.41, 5.74) is 2.40. The molecule has 0 radical (unpaired) electrons. The zero-order valence-corrected chi connectivity index (χ0v) is 16.4. The Kier molecular flexibility index (Phi) is 5.03. The lowest BCUT2D eigenvalue weighted by atomic mass is 10.1. The number of carbonyl (C=O) groups is 1. The number of ether oxygens (including phenoxy) is 1. The second-order valence-corrected chi connectivity index (χ2v) is 6.84. The molecule has 0 fully saturated rings. The van der Waals surface area contributed by atoms with Crippen molar-refractivity contribution >= 4 is 27.7 Å². The van der Waals surface area contributed by atoms with Crippen molar-refractivity contribution in [1.82, 2.24) is 20.1 Å². The van der Waals surface area contributed by atoms with Gasteiger partial charge in [0.2, 0.25) is 0 Å². The number of aromatic nitrogens is 3. The molecule has 4 rings (SSSR count). The number of fused-ring (bicyclic) bond motifs is 3. The molecule has 0 unspecified atom stereocenters. The van der Waals surface area contributed by atoms with Crippen molar-refractivity contribution < 1.29 is 9.53 Å². The Labute approximate surface area is 167 Å². The number of benzene rings is 2. The van der Waals surface area contributed by atoms with Crippen LogP contribution in [0.15, 0.2) is 53.5 Å². The van der Waals surface area contributed by atoms with E-state index in [-0.39, 0.29) is 11.5 Å². The zero-order valence-electron chi connectivity index (χ0n) is 16.4. The fourth-order valence-electron chi connectivity index (χ4n) is 3.29. The average molecular weight is 390 g/mol. The summed E-state index contributed by atoms with van der Waals surface area (Å²) in [6, 6.07) is 12.5. The van der Waals surface area contributed by atoms with E-state index in [2.05, 4.69) is 22.3 Å². The van der Waals surface area contributed by atoms with Crippen LogP contribution in [0.4, 0.5) is 0 Å². The van der Waals surface area contributed by atoms with Gasteiger partial charge in [0, 0.05) is 23.7 Å². The highest BCUT2D eigenvalue weighted by Gasteiger charge is 2.14. The van der Waals surface area contributed by atoms with Crippen LogP contribution in [-0.2, 0) is 0 Å². The summed E-state index contributed by atoms with van der Waals surface area (Å²) in [6.07, 6.45) is 3.52. The molecule has 0 saturated heterocycles. The predicted molar refractivity (Wildman–Crippen MR) is 113 cm³/mol. The van der Waals surface area contributed by atoms with Gasteiger partial charge >= 0.3 is 0 Å². The highest BCUT2D eigenvalue weighted by Crippen LogP contribution is 2.23. The van der Waals surface area contributed by atoms with E-state index >= 15 is 0 Å². The third kappa shape index (κ3) is 3.47.